The van der Waals surface area contributed by atoms with Crippen LogP contribution in [0.4, 0.5) is 0 Å². The summed E-state index contributed by atoms with van der Waals surface area (Å²) in [6.45, 7) is 2.96. The van der Waals surface area contributed by atoms with Crippen LogP contribution in [0.1, 0.15) is 22.8 Å². The van der Waals surface area contributed by atoms with Crippen LogP contribution in [0.25, 0.3) is 0 Å². The van der Waals surface area contributed by atoms with Gasteiger partial charge in [0.15, 0.2) is 0 Å². The van der Waals surface area contributed by atoms with Crippen molar-refractivity contribution in [3.05, 3.63) is 33.8 Å². The van der Waals surface area contributed by atoms with Crippen LogP contribution in [0.5, 0.6) is 0 Å². The lowest BCUT2D eigenvalue weighted by Crippen LogP contribution is -2.43. The summed E-state index contributed by atoms with van der Waals surface area (Å²) < 4.78 is 0.698. The molecule has 1 unspecified atom stereocenters. The number of amides is 1. The Morgan fingerprint density at radius 3 is 2.76 bits per heavy atom. The average molecular weight is 302 g/mol. The number of halogens is 1. The molecule has 0 spiro atoms. The molecule has 0 aromatic heterocycles. The molecule has 0 fully saturated rings. The molecule has 3 N–H and O–H groups in total. The van der Waals surface area contributed by atoms with E-state index in [1.165, 1.54) is 6.92 Å². The van der Waals surface area contributed by atoms with Crippen molar-refractivity contribution in [1.82, 2.24) is 5.32 Å². The number of aliphatic hydroxyl groups excluding tert-OH is 1. The summed E-state index contributed by atoms with van der Waals surface area (Å²) in [5.41, 5.74) is 0.192. The third-order valence-electron chi connectivity index (χ3n) is 2.34. The standard InChI is InChI=1S/C12H16BrNO3/c1-8-3-4-10(13)9(5-8)11(16)14-6-12(2,17)7-15/h3-5,15,17H,6-7H2,1-2H3,(H,14,16). The SMILES string of the molecule is Cc1ccc(Br)c(C(=O)NCC(C)(O)CO)c1. The Labute approximate surface area is 109 Å². The third kappa shape index (κ3) is 4.11. The summed E-state index contributed by atoms with van der Waals surface area (Å²) in [5, 5.41) is 21.0. The molecule has 0 bridgehead atoms. The summed E-state index contributed by atoms with van der Waals surface area (Å²) >= 11 is 3.30. The second-order valence-electron chi connectivity index (χ2n) is 4.32. The molecule has 1 aromatic carbocycles. The van der Waals surface area contributed by atoms with Crippen LogP contribution in [0.2, 0.25) is 0 Å². The highest BCUT2D eigenvalue weighted by molar-refractivity contribution is 9.10. The third-order valence-corrected chi connectivity index (χ3v) is 3.03. The minimum atomic E-state index is -1.30. The van der Waals surface area contributed by atoms with Gasteiger partial charge in [-0.15, -0.1) is 0 Å². The number of benzene rings is 1. The van der Waals surface area contributed by atoms with E-state index >= 15 is 0 Å². The molecule has 1 atom stereocenters. The zero-order valence-corrected chi connectivity index (χ0v) is 11.4. The quantitative estimate of drug-likeness (QED) is 0.783. The van der Waals surface area contributed by atoms with Gasteiger partial charge in [0.05, 0.1) is 12.2 Å². The Morgan fingerprint density at radius 1 is 1.53 bits per heavy atom. The lowest BCUT2D eigenvalue weighted by molar-refractivity contribution is 0.00319. The summed E-state index contributed by atoms with van der Waals surface area (Å²) in [4.78, 5) is 11.8. The fourth-order valence-electron chi connectivity index (χ4n) is 1.23. The minimum absolute atomic E-state index is 0.00269. The van der Waals surface area contributed by atoms with Crippen molar-refractivity contribution >= 4 is 21.8 Å². The number of aliphatic hydroxyl groups is 2. The molecule has 1 rings (SSSR count). The Kier molecular flexibility index (Phi) is 4.68. The number of hydrogen-bond donors (Lipinski definition) is 3. The average Bonchev–Trinajstić information content (AvgIpc) is 2.29. The van der Waals surface area contributed by atoms with Crippen molar-refractivity contribution < 1.29 is 15.0 Å². The Balaban J connectivity index is 2.74. The van der Waals surface area contributed by atoms with Crippen molar-refractivity contribution in [2.24, 2.45) is 0 Å². The highest BCUT2D eigenvalue weighted by Gasteiger charge is 2.20. The van der Waals surface area contributed by atoms with E-state index in [-0.39, 0.29) is 12.5 Å². The molecular weight excluding hydrogens is 286 g/mol. The van der Waals surface area contributed by atoms with Gasteiger partial charge in [0, 0.05) is 11.0 Å². The molecule has 1 amide bonds. The molecule has 0 aliphatic rings. The first-order valence-corrected chi connectivity index (χ1v) is 6.02. The van der Waals surface area contributed by atoms with Crippen LogP contribution in [-0.4, -0.2) is 34.9 Å². The molecule has 4 nitrogen and oxygen atoms in total. The molecule has 0 aliphatic heterocycles. The van der Waals surface area contributed by atoms with Gasteiger partial charge >= 0.3 is 0 Å². The lowest BCUT2D eigenvalue weighted by Gasteiger charge is -2.20. The maximum Gasteiger partial charge on any atom is 0.252 e. The van der Waals surface area contributed by atoms with Crippen molar-refractivity contribution in [3.63, 3.8) is 0 Å². The van der Waals surface area contributed by atoms with Gasteiger partial charge in [-0.05, 0) is 41.9 Å². The van der Waals surface area contributed by atoms with E-state index in [1.54, 1.807) is 12.1 Å². The summed E-state index contributed by atoms with van der Waals surface area (Å²) in [7, 11) is 0. The molecule has 17 heavy (non-hydrogen) atoms. The van der Waals surface area contributed by atoms with Gasteiger partial charge < -0.3 is 15.5 Å². The van der Waals surface area contributed by atoms with Crippen LogP contribution in [0, 0.1) is 6.92 Å². The normalized spacial score (nSPS) is 14.2. The van der Waals surface area contributed by atoms with Crippen molar-refractivity contribution in [2.75, 3.05) is 13.2 Å². The first kappa shape index (κ1) is 14.2. The highest BCUT2D eigenvalue weighted by atomic mass is 79.9. The van der Waals surface area contributed by atoms with Gasteiger partial charge in [0.25, 0.3) is 5.91 Å². The maximum atomic E-state index is 11.8. The molecule has 0 saturated heterocycles. The zero-order chi connectivity index (χ0) is 13.1. The molecule has 0 heterocycles. The number of hydrogen-bond acceptors (Lipinski definition) is 3. The summed E-state index contributed by atoms with van der Waals surface area (Å²) in [5.74, 6) is -0.283. The van der Waals surface area contributed by atoms with Gasteiger partial charge in [-0.2, -0.15) is 0 Å². The largest absolute Gasteiger partial charge is 0.393 e. The van der Waals surface area contributed by atoms with E-state index in [2.05, 4.69) is 21.2 Å². The van der Waals surface area contributed by atoms with E-state index in [4.69, 9.17) is 5.11 Å². The highest BCUT2D eigenvalue weighted by Crippen LogP contribution is 2.18. The second kappa shape index (κ2) is 5.62. The van der Waals surface area contributed by atoms with E-state index < -0.39 is 12.2 Å². The zero-order valence-electron chi connectivity index (χ0n) is 9.83. The predicted octanol–water partition coefficient (Wildman–Crippen LogP) is 1.23. The van der Waals surface area contributed by atoms with Gasteiger partial charge in [-0.25, -0.2) is 0 Å². The number of nitrogens with one attached hydrogen (secondary N) is 1. The van der Waals surface area contributed by atoms with Crippen molar-refractivity contribution in [2.45, 2.75) is 19.4 Å². The van der Waals surface area contributed by atoms with Crippen LogP contribution in [0.15, 0.2) is 22.7 Å². The second-order valence-corrected chi connectivity index (χ2v) is 5.18. The maximum absolute atomic E-state index is 11.8. The number of carbonyl (C=O) groups excluding carboxylic acids is 1. The van der Waals surface area contributed by atoms with Crippen molar-refractivity contribution in [3.8, 4) is 0 Å². The number of aryl methyl sites for hydroxylation is 1. The van der Waals surface area contributed by atoms with E-state index in [1.807, 2.05) is 13.0 Å². The summed E-state index contributed by atoms with van der Waals surface area (Å²) in [6.07, 6.45) is 0. The monoisotopic (exact) mass is 301 g/mol. The van der Waals surface area contributed by atoms with Gasteiger partial charge in [-0.1, -0.05) is 11.6 Å². The van der Waals surface area contributed by atoms with Crippen LogP contribution < -0.4 is 5.32 Å². The van der Waals surface area contributed by atoms with Crippen LogP contribution in [-0.2, 0) is 0 Å². The molecule has 94 valence electrons. The van der Waals surface area contributed by atoms with Gasteiger partial charge in [-0.3, -0.25) is 4.79 Å². The van der Waals surface area contributed by atoms with Crippen molar-refractivity contribution in [1.29, 1.82) is 0 Å². The number of rotatable bonds is 4. The molecule has 0 aliphatic carbocycles. The Hall–Kier alpha value is -0.910. The van der Waals surface area contributed by atoms with Crippen LogP contribution in [0.3, 0.4) is 0 Å². The fourth-order valence-corrected chi connectivity index (χ4v) is 1.66. The van der Waals surface area contributed by atoms with E-state index in [0.29, 0.717) is 10.0 Å². The fraction of sp³-hybridized carbons (Fsp3) is 0.417. The lowest BCUT2D eigenvalue weighted by atomic mass is 10.1. The first-order valence-electron chi connectivity index (χ1n) is 5.23. The molecule has 5 heteroatoms. The first-order chi connectivity index (χ1) is 7.85. The summed E-state index contributed by atoms with van der Waals surface area (Å²) in [6, 6.07) is 5.45. The van der Waals surface area contributed by atoms with E-state index in [0.717, 1.165) is 5.56 Å². The van der Waals surface area contributed by atoms with Gasteiger partial charge in [0.2, 0.25) is 0 Å². The number of carbonyl (C=O) groups is 1. The smallest absolute Gasteiger partial charge is 0.252 e. The minimum Gasteiger partial charge on any atom is -0.393 e. The predicted molar refractivity (Wildman–Crippen MR) is 68.9 cm³/mol. The van der Waals surface area contributed by atoms with Crippen LogP contribution >= 0.6 is 15.9 Å². The Morgan fingerprint density at radius 2 is 2.18 bits per heavy atom. The molecule has 1 aromatic rings. The molecular formula is C12H16BrNO3. The van der Waals surface area contributed by atoms with E-state index in [9.17, 15) is 9.90 Å². The topological polar surface area (TPSA) is 69.6 Å². The van der Waals surface area contributed by atoms with Gasteiger partial charge in [0.1, 0.15) is 5.60 Å². The molecule has 0 radical (unpaired) electrons. The Bertz CT molecular complexity index is 418. The molecule has 0 saturated carbocycles.